The molecule has 0 heterocycles. The first-order chi connectivity index (χ1) is 8.49. The topological polar surface area (TPSA) is 81.5 Å². The van der Waals surface area contributed by atoms with Crippen molar-refractivity contribution in [2.75, 3.05) is 12.4 Å². The number of carbonyl (C=O) groups is 1. The Morgan fingerprint density at radius 1 is 1.61 bits per heavy atom. The highest BCUT2D eigenvalue weighted by molar-refractivity contribution is 9.10. The minimum Gasteiger partial charge on any atom is -0.467 e. The number of hydrogen-bond acceptors (Lipinski definition) is 5. The summed E-state index contributed by atoms with van der Waals surface area (Å²) in [6, 6.07) is 3.89. The molecule has 0 saturated carbocycles. The molecule has 98 valence electrons. The van der Waals surface area contributed by atoms with Gasteiger partial charge < -0.3 is 10.1 Å². The fraction of sp³-hybridized carbons (Fsp3) is 0.364. The Morgan fingerprint density at radius 2 is 2.28 bits per heavy atom. The van der Waals surface area contributed by atoms with E-state index in [-0.39, 0.29) is 11.4 Å². The van der Waals surface area contributed by atoms with Gasteiger partial charge in [0.2, 0.25) is 0 Å². The van der Waals surface area contributed by atoms with Gasteiger partial charge in [-0.15, -0.1) is 0 Å². The molecule has 1 aromatic carbocycles. The maximum atomic E-state index is 11.4. The molecular weight excluding hydrogens is 304 g/mol. The zero-order valence-corrected chi connectivity index (χ0v) is 11.6. The third kappa shape index (κ3) is 3.43. The van der Waals surface area contributed by atoms with Crippen LogP contribution in [0, 0.1) is 10.1 Å². The predicted octanol–water partition coefficient (Wildman–Crippen LogP) is 2.72. The Labute approximate surface area is 113 Å². The number of nitro benzene ring substituents is 1. The SMILES string of the molecule is CCC(Nc1cc(Br)ccc1[N+](=O)[O-])C(=O)OC. The van der Waals surface area contributed by atoms with Gasteiger partial charge in [0.25, 0.3) is 5.69 Å². The maximum absolute atomic E-state index is 11.4. The van der Waals surface area contributed by atoms with Crippen molar-refractivity contribution in [2.24, 2.45) is 0 Å². The van der Waals surface area contributed by atoms with Crippen LogP contribution >= 0.6 is 15.9 Å². The van der Waals surface area contributed by atoms with Crippen molar-refractivity contribution in [3.63, 3.8) is 0 Å². The Hall–Kier alpha value is -1.63. The molecule has 0 saturated heterocycles. The maximum Gasteiger partial charge on any atom is 0.328 e. The lowest BCUT2D eigenvalue weighted by atomic mass is 10.2. The van der Waals surface area contributed by atoms with E-state index in [2.05, 4.69) is 26.0 Å². The summed E-state index contributed by atoms with van der Waals surface area (Å²) in [5.41, 5.74) is 0.201. The zero-order valence-electron chi connectivity index (χ0n) is 9.97. The van der Waals surface area contributed by atoms with Crippen molar-refractivity contribution in [2.45, 2.75) is 19.4 Å². The Morgan fingerprint density at radius 3 is 2.78 bits per heavy atom. The van der Waals surface area contributed by atoms with Gasteiger partial charge in [0.05, 0.1) is 12.0 Å². The van der Waals surface area contributed by atoms with E-state index >= 15 is 0 Å². The van der Waals surface area contributed by atoms with Crippen molar-refractivity contribution in [1.29, 1.82) is 0 Å². The smallest absolute Gasteiger partial charge is 0.328 e. The van der Waals surface area contributed by atoms with Gasteiger partial charge in [-0.1, -0.05) is 22.9 Å². The highest BCUT2D eigenvalue weighted by Gasteiger charge is 2.21. The zero-order chi connectivity index (χ0) is 13.7. The highest BCUT2D eigenvalue weighted by Crippen LogP contribution is 2.28. The standard InChI is InChI=1S/C11H13BrN2O4/c1-3-8(11(15)18-2)13-9-6-7(12)4-5-10(9)14(16)17/h4-6,8,13H,3H2,1-2H3. The van der Waals surface area contributed by atoms with E-state index in [1.807, 2.05) is 0 Å². The molecule has 0 bridgehead atoms. The average molecular weight is 317 g/mol. The molecule has 0 spiro atoms. The summed E-state index contributed by atoms with van der Waals surface area (Å²) in [5.74, 6) is -0.452. The number of ether oxygens (including phenoxy) is 1. The molecule has 1 unspecified atom stereocenters. The summed E-state index contributed by atoms with van der Waals surface area (Å²) in [6.45, 7) is 1.79. The van der Waals surface area contributed by atoms with E-state index in [1.54, 1.807) is 19.1 Å². The van der Waals surface area contributed by atoms with Crippen LogP contribution in [0.25, 0.3) is 0 Å². The van der Waals surface area contributed by atoms with Gasteiger partial charge in [0, 0.05) is 10.5 Å². The molecule has 0 radical (unpaired) electrons. The monoisotopic (exact) mass is 316 g/mol. The molecule has 1 N–H and O–H groups in total. The quantitative estimate of drug-likeness (QED) is 0.513. The number of methoxy groups -OCH3 is 1. The second kappa shape index (κ2) is 6.34. The number of nitrogens with one attached hydrogen (secondary N) is 1. The third-order valence-electron chi connectivity index (χ3n) is 2.38. The normalized spacial score (nSPS) is 11.7. The molecule has 1 atom stereocenters. The van der Waals surface area contributed by atoms with Crippen LogP contribution < -0.4 is 5.32 Å². The Kier molecular flexibility index (Phi) is 5.08. The van der Waals surface area contributed by atoms with E-state index in [4.69, 9.17) is 0 Å². The van der Waals surface area contributed by atoms with Crippen LogP contribution in [0.15, 0.2) is 22.7 Å². The van der Waals surface area contributed by atoms with Crippen LogP contribution in [0.3, 0.4) is 0 Å². The van der Waals surface area contributed by atoms with Gasteiger partial charge in [-0.25, -0.2) is 4.79 Å². The van der Waals surface area contributed by atoms with E-state index in [1.165, 1.54) is 13.2 Å². The van der Waals surface area contributed by atoms with Gasteiger partial charge in [-0.05, 0) is 18.6 Å². The number of hydrogen-bond donors (Lipinski definition) is 1. The molecular formula is C11H13BrN2O4. The first-order valence-corrected chi connectivity index (χ1v) is 6.07. The van der Waals surface area contributed by atoms with Crippen molar-refractivity contribution in [3.05, 3.63) is 32.8 Å². The second-order valence-corrected chi connectivity index (χ2v) is 4.46. The van der Waals surface area contributed by atoms with Crippen LogP contribution in [0.1, 0.15) is 13.3 Å². The number of nitrogens with zero attached hydrogens (tertiary/aromatic N) is 1. The molecule has 0 amide bonds. The molecule has 0 fully saturated rings. The second-order valence-electron chi connectivity index (χ2n) is 3.55. The molecule has 1 aromatic rings. The first kappa shape index (κ1) is 14.4. The molecule has 0 aliphatic rings. The summed E-state index contributed by atoms with van der Waals surface area (Å²) in [5, 5.41) is 13.7. The molecule has 1 rings (SSSR count). The van der Waals surface area contributed by atoms with Crippen LogP contribution in [-0.2, 0) is 9.53 Å². The van der Waals surface area contributed by atoms with Crippen LogP contribution in [-0.4, -0.2) is 24.0 Å². The lowest BCUT2D eigenvalue weighted by Gasteiger charge is -2.15. The highest BCUT2D eigenvalue weighted by atomic mass is 79.9. The van der Waals surface area contributed by atoms with E-state index in [0.29, 0.717) is 10.9 Å². The fourth-order valence-corrected chi connectivity index (χ4v) is 1.80. The number of anilines is 1. The summed E-state index contributed by atoms with van der Waals surface area (Å²) in [6.07, 6.45) is 0.469. The third-order valence-corrected chi connectivity index (χ3v) is 2.87. The largest absolute Gasteiger partial charge is 0.467 e. The van der Waals surface area contributed by atoms with Gasteiger partial charge in [0.1, 0.15) is 11.7 Å². The van der Waals surface area contributed by atoms with Crippen LogP contribution in [0.4, 0.5) is 11.4 Å². The van der Waals surface area contributed by atoms with Crippen molar-refractivity contribution < 1.29 is 14.5 Å². The Bertz CT molecular complexity index is 464. The van der Waals surface area contributed by atoms with Gasteiger partial charge >= 0.3 is 5.97 Å². The summed E-state index contributed by atoms with van der Waals surface area (Å²) in [7, 11) is 1.28. The summed E-state index contributed by atoms with van der Waals surface area (Å²) in [4.78, 5) is 21.8. The van der Waals surface area contributed by atoms with Crippen LogP contribution in [0.2, 0.25) is 0 Å². The van der Waals surface area contributed by atoms with Gasteiger partial charge in [-0.2, -0.15) is 0 Å². The van der Waals surface area contributed by atoms with E-state index in [0.717, 1.165) is 0 Å². The minimum absolute atomic E-state index is 0.0828. The molecule has 6 nitrogen and oxygen atoms in total. The minimum atomic E-state index is -0.608. The van der Waals surface area contributed by atoms with E-state index in [9.17, 15) is 14.9 Å². The van der Waals surface area contributed by atoms with Crippen molar-refractivity contribution in [3.8, 4) is 0 Å². The lowest BCUT2D eigenvalue weighted by Crippen LogP contribution is -2.30. The number of nitro groups is 1. The molecule has 18 heavy (non-hydrogen) atoms. The summed E-state index contributed by atoms with van der Waals surface area (Å²) >= 11 is 3.23. The van der Waals surface area contributed by atoms with E-state index < -0.39 is 16.9 Å². The molecule has 0 aromatic heterocycles. The summed E-state index contributed by atoms with van der Waals surface area (Å²) < 4.78 is 5.31. The van der Waals surface area contributed by atoms with Crippen molar-refractivity contribution in [1.82, 2.24) is 0 Å². The number of esters is 1. The number of halogens is 1. The first-order valence-electron chi connectivity index (χ1n) is 5.27. The number of benzene rings is 1. The average Bonchev–Trinajstić information content (AvgIpc) is 2.34. The van der Waals surface area contributed by atoms with Crippen molar-refractivity contribution >= 4 is 33.3 Å². The van der Waals surface area contributed by atoms with Gasteiger partial charge in [0.15, 0.2) is 0 Å². The number of carbonyl (C=O) groups excluding carboxylic acids is 1. The Balaban J connectivity index is 3.04. The number of rotatable bonds is 5. The van der Waals surface area contributed by atoms with Crippen LogP contribution in [0.5, 0.6) is 0 Å². The molecule has 0 aliphatic heterocycles. The molecule has 0 aliphatic carbocycles. The lowest BCUT2D eigenvalue weighted by molar-refractivity contribution is -0.384. The van der Waals surface area contributed by atoms with Gasteiger partial charge in [-0.3, -0.25) is 10.1 Å². The molecule has 7 heteroatoms. The predicted molar refractivity (Wildman–Crippen MR) is 70.5 cm³/mol. The fourth-order valence-electron chi connectivity index (χ4n) is 1.44.